The van der Waals surface area contributed by atoms with Gasteiger partial charge in [0.15, 0.2) is 0 Å². The van der Waals surface area contributed by atoms with Gasteiger partial charge in [-0.05, 0) is 19.1 Å². The van der Waals surface area contributed by atoms with Crippen molar-refractivity contribution in [3.63, 3.8) is 0 Å². The molecule has 5 heteroatoms. The standard InChI is InChI=1S/C16H20N4O/c1-13-12-15(20-8-10-21-11-9-20)18-16(17-13)19(2)14-6-4-3-5-7-14/h3-7,12H,8-11H2,1-2H3. The van der Waals surface area contributed by atoms with Crippen molar-refractivity contribution in [1.29, 1.82) is 0 Å². The van der Waals surface area contributed by atoms with Crippen molar-refractivity contribution in [2.24, 2.45) is 0 Å². The van der Waals surface area contributed by atoms with Crippen LogP contribution in [0.4, 0.5) is 17.5 Å². The normalized spacial score (nSPS) is 15.0. The Morgan fingerprint density at radius 3 is 2.52 bits per heavy atom. The van der Waals surface area contributed by atoms with Crippen LogP contribution in [0.5, 0.6) is 0 Å². The topological polar surface area (TPSA) is 41.5 Å². The van der Waals surface area contributed by atoms with Gasteiger partial charge in [-0.25, -0.2) is 4.98 Å². The molecule has 0 aliphatic carbocycles. The second-order valence-corrected chi connectivity index (χ2v) is 5.16. The minimum atomic E-state index is 0.725. The first-order valence-corrected chi connectivity index (χ1v) is 7.21. The smallest absolute Gasteiger partial charge is 0.231 e. The zero-order chi connectivity index (χ0) is 14.7. The van der Waals surface area contributed by atoms with E-state index in [1.165, 1.54) is 0 Å². The Kier molecular flexibility index (Phi) is 4.01. The Balaban J connectivity index is 1.90. The summed E-state index contributed by atoms with van der Waals surface area (Å²) in [5, 5.41) is 0. The number of nitrogens with zero attached hydrogens (tertiary/aromatic N) is 4. The molecule has 0 bridgehead atoms. The average Bonchev–Trinajstić information content (AvgIpc) is 2.55. The van der Waals surface area contributed by atoms with E-state index in [1.54, 1.807) is 0 Å². The van der Waals surface area contributed by atoms with E-state index < -0.39 is 0 Å². The van der Waals surface area contributed by atoms with Crippen LogP contribution in [-0.4, -0.2) is 43.3 Å². The summed E-state index contributed by atoms with van der Waals surface area (Å²) in [7, 11) is 1.99. The lowest BCUT2D eigenvalue weighted by Crippen LogP contribution is -2.37. The number of anilines is 3. The summed E-state index contributed by atoms with van der Waals surface area (Å²) in [5.74, 6) is 1.70. The number of para-hydroxylation sites is 1. The van der Waals surface area contributed by atoms with Crippen LogP contribution in [0.25, 0.3) is 0 Å². The summed E-state index contributed by atoms with van der Waals surface area (Å²) < 4.78 is 5.40. The van der Waals surface area contributed by atoms with Gasteiger partial charge in [0.05, 0.1) is 13.2 Å². The van der Waals surface area contributed by atoms with Crippen LogP contribution in [0.3, 0.4) is 0 Å². The molecule has 1 fully saturated rings. The molecule has 0 saturated carbocycles. The van der Waals surface area contributed by atoms with E-state index in [-0.39, 0.29) is 0 Å². The largest absolute Gasteiger partial charge is 0.378 e. The van der Waals surface area contributed by atoms with Gasteiger partial charge in [-0.15, -0.1) is 0 Å². The third-order valence-corrected chi connectivity index (χ3v) is 3.61. The summed E-state index contributed by atoms with van der Waals surface area (Å²) in [6.07, 6.45) is 0. The summed E-state index contributed by atoms with van der Waals surface area (Å²) in [5.41, 5.74) is 2.06. The fourth-order valence-corrected chi connectivity index (χ4v) is 2.41. The van der Waals surface area contributed by atoms with Crippen LogP contribution in [0, 0.1) is 6.92 Å². The molecule has 3 rings (SSSR count). The Morgan fingerprint density at radius 1 is 1.10 bits per heavy atom. The Bertz CT molecular complexity index is 596. The maximum Gasteiger partial charge on any atom is 0.231 e. The molecule has 0 N–H and O–H groups in total. The molecule has 2 aromatic rings. The first kappa shape index (κ1) is 13.8. The lowest BCUT2D eigenvalue weighted by Gasteiger charge is -2.29. The molecule has 1 aliphatic rings. The Morgan fingerprint density at radius 2 is 1.81 bits per heavy atom. The molecule has 1 aromatic heterocycles. The van der Waals surface area contributed by atoms with Crippen molar-refractivity contribution in [2.75, 3.05) is 43.2 Å². The van der Waals surface area contributed by atoms with E-state index in [0.717, 1.165) is 49.5 Å². The first-order valence-electron chi connectivity index (χ1n) is 7.21. The molecule has 1 aliphatic heterocycles. The van der Waals surface area contributed by atoms with Crippen LogP contribution < -0.4 is 9.80 Å². The molecule has 0 atom stereocenters. The van der Waals surface area contributed by atoms with Gasteiger partial charge in [0.2, 0.25) is 5.95 Å². The van der Waals surface area contributed by atoms with Crippen molar-refractivity contribution >= 4 is 17.5 Å². The monoisotopic (exact) mass is 284 g/mol. The number of aromatic nitrogens is 2. The van der Waals surface area contributed by atoms with Gasteiger partial charge in [0, 0.05) is 37.6 Å². The molecular weight excluding hydrogens is 264 g/mol. The zero-order valence-electron chi connectivity index (χ0n) is 12.5. The quantitative estimate of drug-likeness (QED) is 0.865. The number of benzene rings is 1. The fourth-order valence-electron chi connectivity index (χ4n) is 2.41. The molecule has 110 valence electrons. The number of aryl methyl sites for hydroxylation is 1. The minimum Gasteiger partial charge on any atom is -0.378 e. The lowest BCUT2D eigenvalue weighted by molar-refractivity contribution is 0.122. The number of rotatable bonds is 3. The van der Waals surface area contributed by atoms with Gasteiger partial charge < -0.3 is 14.5 Å². The van der Waals surface area contributed by atoms with Crippen molar-refractivity contribution < 1.29 is 4.74 Å². The SMILES string of the molecule is Cc1cc(N2CCOCC2)nc(N(C)c2ccccc2)n1. The molecule has 1 aromatic carbocycles. The summed E-state index contributed by atoms with van der Waals surface area (Å²) in [6, 6.07) is 12.2. The highest BCUT2D eigenvalue weighted by atomic mass is 16.5. The van der Waals surface area contributed by atoms with Gasteiger partial charge >= 0.3 is 0 Å². The van der Waals surface area contributed by atoms with Crippen LogP contribution in [0.2, 0.25) is 0 Å². The first-order chi connectivity index (χ1) is 10.2. The zero-order valence-corrected chi connectivity index (χ0v) is 12.5. The fraction of sp³-hybridized carbons (Fsp3) is 0.375. The highest BCUT2D eigenvalue weighted by Crippen LogP contribution is 2.23. The minimum absolute atomic E-state index is 0.725. The number of ether oxygens (including phenoxy) is 1. The van der Waals surface area contributed by atoms with Crippen molar-refractivity contribution in [2.45, 2.75) is 6.92 Å². The summed E-state index contributed by atoms with van der Waals surface area (Å²) in [6.45, 7) is 5.28. The van der Waals surface area contributed by atoms with E-state index in [4.69, 9.17) is 9.72 Å². The van der Waals surface area contributed by atoms with E-state index in [9.17, 15) is 0 Å². The average molecular weight is 284 g/mol. The predicted octanol–water partition coefficient (Wildman–Crippen LogP) is 2.39. The lowest BCUT2D eigenvalue weighted by atomic mass is 10.3. The number of morpholine rings is 1. The van der Waals surface area contributed by atoms with Gasteiger partial charge in [-0.2, -0.15) is 4.98 Å². The molecular formula is C16H20N4O. The molecule has 0 unspecified atom stereocenters. The second-order valence-electron chi connectivity index (χ2n) is 5.16. The maximum absolute atomic E-state index is 5.40. The summed E-state index contributed by atoms with van der Waals surface area (Å²) >= 11 is 0. The van der Waals surface area contributed by atoms with Crippen LogP contribution in [0.15, 0.2) is 36.4 Å². The van der Waals surface area contributed by atoms with Gasteiger partial charge in [-0.3, -0.25) is 0 Å². The highest BCUT2D eigenvalue weighted by Gasteiger charge is 2.16. The van der Waals surface area contributed by atoms with Crippen molar-refractivity contribution in [3.8, 4) is 0 Å². The van der Waals surface area contributed by atoms with E-state index in [0.29, 0.717) is 0 Å². The molecule has 0 spiro atoms. The van der Waals surface area contributed by atoms with Crippen LogP contribution in [0.1, 0.15) is 5.69 Å². The van der Waals surface area contributed by atoms with Gasteiger partial charge in [-0.1, -0.05) is 18.2 Å². The maximum atomic E-state index is 5.40. The predicted molar refractivity (Wildman–Crippen MR) is 84.3 cm³/mol. The van der Waals surface area contributed by atoms with Crippen LogP contribution in [-0.2, 0) is 4.74 Å². The third kappa shape index (κ3) is 3.13. The molecule has 1 saturated heterocycles. The second kappa shape index (κ2) is 6.10. The number of hydrogen-bond acceptors (Lipinski definition) is 5. The van der Waals surface area contributed by atoms with Gasteiger partial charge in [0.25, 0.3) is 0 Å². The van der Waals surface area contributed by atoms with E-state index >= 15 is 0 Å². The van der Waals surface area contributed by atoms with Crippen molar-refractivity contribution in [3.05, 3.63) is 42.1 Å². The molecule has 2 heterocycles. The van der Waals surface area contributed by atoms with Crippen LogP contribution >= 0.6 is 0 Å². The van der Waals surface area contributed by atoms with E-state index in [2.05, 4.69) is 22.0 Å². The van der Waals surface area contributed by atoms with E-state index in [1.807, 2.05) is 43.1 Å². The molecule has 0 amide bonds. The molecule has 21 heavy (non-hydrogen) atoms. The Labute approximate surface area is 125 Å². The summed E-state index contributed by atoms with van der Waals surface area (Å²) in [4.78, 5) is 13.5. The van der Waals surface area contributed by atoms with Gasteiger partial charge in [0.1, 0.15) is 5.82 Å². The molecule has 5 nitrogen and oxygen atoms in total. The Hall–Kier alpha value is -2.14. The third-order valence-electron chi connectivity index (χ3n) is 3.61. The number of hydrogen-bond donors (Lipinski definition) is 0. The highest BCUT2D eigenvalue weighted by molar-refractivity contribution is 5.58. The van der Waals surface area contributed by atoms with Crippen molar-refractivity contribution in [1.82, 2.24) is 9.97 Å². The molecule has 0 radical (unpaired) electrons.